The lowest BCUT2D eigenvalue weighted by Crippen LogP contribution is -2.54. The van der Waals surface area contributed by atoms with Crippen LogP contribution in [0.4, 0.5) is 5.69 Å². The van der Waals surface area contributed by atoms with Gasteiger partial charge in [-0.1, -0.05) is 30.3 Å². The summed E-state index contributed by atoms with van der Waals surface area (Å²) in [5.74, 6) is 0.383. The van der Waals surface area contributed by atoms with E-state index in [1.807, 2.05) is 49.4 Å². The second kappa shape index (κ2) is 7.50. The molecule has 3 aromatic rings. The fraction of sp³-hybridized carbons (Fsp3) is 0.304. The minimum absolute atomic E-state index is 0.128. The molecule has 2 aromatic carbocycles. The summed E-state index contributed by atoms with van der Waals surface area (Å²) in [6.45, 7) is 4.07. The third-order valence-corrected chi connectivity index (χ3v) is 5.65. The molecule has 0 spiro atoms. The van der Waals surface area contributed by atoms with Crippen molar-refractivity contribution in [3.05, 3.63) is 59.9 Å². The second-order valence-corrected chi connectivity index (χ2v) is 7.48. The molecule has 0 N–H and O–H groups in total. The molecule has 3 heterocycles. The van der Waals surface area contributed by atoms with Crippen LogP contribution < -0.4 is 9.64 Å². The Morgan fingerprint density at radius 1 is 1.00 bits per heavy atom. The number of aryl methyl sites for hydroxylation is 1. The summed E-state index contributed by atoms with van der Waals surface area (Å²) in [7, 11) is 0. The number of carbonyl (C=O) groups is 2. The number of amides is 2. The van der Waals surface area contributed by atoms with Gasteiger partial charge in [0.05, 0.1) is 25.4 Å². The van der Waals surface area contributed by atoms with E-state index < -0.39 is 6.10 Å². The molecule has 7 nitrogen and oxygen atoms in total. The van der Waals surface area contributed by atoms with Crippen molar-refractivity contribution in [1.82, 2.24) is 4.90 Å². The van der Waals surface area contributed by atoms with Crippen molar-refractivity contribution < 1.29 is 23.5 Å². The first-order valence-electron chi connectivity index (χ1n) is 10.1. The standard InChI is InChI=1S/C23H22N2O5/c1-15-16-6-2-4-8-18(16)30-21(15)23(27)25-14-20(22(26)24-10-12-28-13-11-24)29-19-9-5-3-7-17(19)25/h2-9,20H,10-14H2,1H3. The average molecular weight is 406 g/mol. The summed E-state index contributed by atoms with van der Waals surface area (Å²) in [5, 5.41) is 0.906. The van der Waals surface area contributed by atoms with E-state index in [0.717, 1.165) is 10.9 Å². The number of morpholine rings is 1. The molecule has 154 valence electrons. The maximum atomic E-state index is 13.5. The second-order valence-electron chi connectivity index (χ2n) is 7.48. The van der Waals surface area contributed by atoms with E-state index in [1.54, 1.807) is 15.9 Å². The van der Waals surface area contributed by atoms with Gasteiger partial charge in [0.25, 0.3) is 11.8 Å². The van der Waals surface area contributed by atoms with Gasteiger partial charge in [-0.05, 0) is 25.1 Å². The fourth-order valence-corrected chi connectivity index (χ4v) is 4.04. The molecule has 2 amide bonds. The molecule has 7 heteroatoms. The molecule has 0 bridgehead atoms. The number of para-hydroxylation sites is 3. The molecule has 2 aliphatic heterocycles. The predicted molar refractivity (Wildman–Crippen MR) is 111 cm³/mol. The summed E-state index contributed by atoms with van der Waals surface area (Å²) in [6.07, 6.45) is -0.772. The van der Waals surface area contributed by atoms with Crippen LogP contribution in [0.15, 0.2) is 52.9 Å². The molecule has 2 aliphatic rings. The molecular weight excluding hydrogens is 384 g/mol. The van der Waals surface area contributed by atoms with E-state index >= 15 is 0 Å². The van der Waals surface area contributed by atoms with E-state index in [1.165, 1.54) is 0 Å². The Hall–Kier alpha value is -3.32. The van der Waals surface area contributed by atoms with Gasteiger partial charge in [0, 0.05) is 24.0 Å². The normalized spacial score (nSPS) is 18.8. The van der Waals surface area contributed by atoms with Gasteiger partial charge >= 0.3 is 0 Å². The first-order valence-corrected chi connectivity index (χ1v) is 10.1. The molecule has 5 rings (SSSR count). The Kier molecular flexibility index (Phi) is 4.67. The van der Waals surface area contributed by atoms with Crippen molar-refractivity contribution in [1.29, 1.82) is 0 Å². The van der Waals surface area contributed by atoms with Crippen molar-refractivity contribution >= 4 is 28.5 Å². The van der Waals surface area contributed by atoms with Crippen molar-refractivity contribution in [3.63, 3.8) is 0 Å². The molecule has 0 aliphatic carbocycles. The van der Waals surface area contributed by atoms with E-state index in [9.17, 15) is 9.59 Å². The van der Waals surface area contributed by atoms with Gasteiger partial charge in [-0.25, -0.2) is 0 Å². The van der Waals surface area contributed by atoms with Crippen molar-refractivity contribution in [3.8, 4) is 5.75 Å². The molecule has 0 radical (unpaired) electrons. The Labute approximate surface area is 173 Å². The zero-order valence-corrected chi connectivity index (χ0v) is 16.7. The summed E-state index contributed by atoms with van der Waals surface area (Å²) in [5.41, 5.74) is 2.09. The van der Waals surface area contributed by atoms with Crippen LogP contribution in [0.3, 0.4) is 0 Å². The zero-order chi connectivity index (χ0) is 20.7. The molecule has 1 unspecified atom stereocenters. The number of carbonyl (C=O) groups excluding carboxylic acids is 2. The largest absolute Gasteiger partial charge is 0.476 e. The highest BCUT2D eigenvalue weighted by Crippen LogP contribution is 2.36. The van der Waals surface area contributed by atoms with Gasteiger partial charge < -0.3 is 18.8 Å². The van der Waals surface area contributed by atoms with Crippen LogP contribution in [0.2, 0.25) is 0 Å². The summed E-state index contributed by atoms with van der Waals surface area (Å²) in [4.78, 5) is 29.9. The lowest BCUT2D eigenvalue weighted by molar-refractivity contribution is -0.142. The number of anilines is 1. The number of rotatable bonds is 2. The number of ether oxygens (including phenoxy) is 2. The van der Waals surface area contributed by atoms with Crippen molar-refractivity contribution in [2.45, 2.75) is 13.0 Å². The smallest absolute Gasteiger partial charge is 0.294 e. The van der Waals surface area contributed by atoms with E-state index in [4.69, 9.17) is 13.9 Å². The number of nitrogens with zero attached hydrogens (tertiary/aromatic N) is 2. The topological polar surface area (TPSA) is 72.2 Å². The maximum Gasteiger partial charge on any atom is 0.294 e. The Bertz CT molecular complexity index is 1120. The van der Waals surface area contributed by atoms with Crippen LogP contribution in [0, 0.1) is 6.92 Å². The first kappa shape index (κ1) is 18.7. The number of furan rings is 1. The molecule has 1 saturated heterocycles. The lowest BCUT2D eigenvalue weighted by Gasteiger charge is -2.37. The van der Waals surface area contributed by atoms with Crippen LogP contribution in [0.5, 0.6) is 5.75 Å². The van der Waals surface area contributed by atoms with E-state index in [2.05, 4.69) is 0 Å². The number of hydrogen-bond donors (Lipinski definition) is 0. The lowest BCUT2D eigenvalue weighted by atomic mass is 10.1. The van der Waals surface area contributed by atoms with Crippen LogP contribution >= 0.6 is 0 Å². The molecular formula is C23H22N2O5. The minimum Gasteiger partial charge on any atom is -0.476 e. The summed E-state index contributed by atoms with van der Waals surface area (Å²) >= 11 is 0. The monoisotopic (exact) mass is 406 g/mol. The van der Waals surface area contributed by atoms with Crippen LogP contribution in [0.25, 0.3) is 11.0 Å². The molecule has 0 saturated carbocycles. The first-order chi connectivity index (χ1) is 14.6. The van der Waals surface area contributed by atoms with Gasteiger partial charge in [-0.15, -0.1) is 0 Å². The molecule has 1 atom stereocenters. The number of hydrogen-bond acceptors (Lipinski definition) is 5. The van der Waals surface area contributed by atoms with Gasteiger partial charge in [-0.3, -0.25) is 14.5 Å². The van der Waals surface area contributed by atoms with Gasteiger partial charge in [0.2, 0.25) is 0 Å². The summed E-state index contributed by atoms with van der Waals surface area (Å²) < 4.78 is 17.2. The quantitative estimate of drug-likeness (QED) is 0.654. The number of benzene rings is 2. The highest BCUT2D eigenvalue weighted by atomic mass is 16.5. The molecule has 1 fully saturated rings. The van der Waals surface area contributed by atoms with Crippen molar-refractivity contribution in [2.75, 3.05) is 37.7 Å². The minimum atomic E-state index is -0.772. The van der Waals surface area contributed by atoms with Crippen LogP contribution in [-0.4, -0.2) is 55.7 Å². The van der Waals surface area contributed by atoms with Gasteiger partial charge in [-0.2, -0.15) is 0 Å². The third kappa shape index (κ3) is 3.11. The maximum absolute atomic E-state index is 13.5. The highest BCUT2D eigenvalue weighted by Gasteiger charge is 2.38. The van der Waals surface area contributed by atoms with E-state index in [-0.39, 0.29) is 24.1 Å². The third-order valence-electron chi connectivity index (χ3n) is 5.65. The van der Waals surface area contributed by atoms with Gasteiger partial charge in [0.15, 0.2) is 11.9 Å². The fourth-order valence-electron chi connectivity index (χ4n) is 4.04. The van der Waals surface area contributed by atoms with Crippen LogP contribution in [-0.2, 0) is 9.53 Å². The molecule has 1 aromatic heterocycles. The predicted octanol–water partition coefficient (Wildman–Crippen LogP) is 3.01. The zero-order valence-electron chi connectivity index (χ0n) is 16.7. The Morgan fingerprint density at radius 2 is 1.73 bits per heavy atom. The van der Waals surface area contributed by atoms with Crippen molar-refractivity contribution in [2.24, 2.45) is 0 Å². The Morgan fingerprint density at radius 3 is 2.53 bits per heavy atom. The number of fused-ring (bicyclic) bond motifs is 2. The Balaban J connectivity index is 1.50. The van der Waals surface area contributed by atoms with E-state index in [0.29, 0.717) is 43.3 Å². The molecule has 30 heavy (non-hydrogen) atoms. The summed E-state index contributed by atoms with van der Waals surface area (Å²) in [6, 6.07) is 14.8. The average Bonchev–Trinajstić information content (AvgIpc) is 3.14. The highest BCUT2D eigenvalue weighted by molar-refractivity contribution is 6.09. The van der Waals surface area contributed by atoms with Gasteiger partial charge in [0.1, 0.15) is 11.3 Å². The van der Waals surface area contributed by atoms with Crippen LogP contribution in [0.1, 0.15) is 16.1 Å². The SMILES string of the molecule is Cc1c(C(=O)N2CC(C(=O)N3CCOCC3)Oc3ccccc32)oc2ccccc12.